The van der Waals surface area contributed by atoms with Crippen LogP contribution in [0.2, 0.25) is 0 Å². The van der Waals surface area contributed by atoms with E-state index in [1.165, 1.54) is 19.3 Å². The second kappa shape index (κ2) is 5.51. The Morgan fingerprint density at radius 3 is 2.32 bits per heavy atom. The van der Waals surface area contributed by atoms with Gasteiger partial charge < -0.3 is 10.1 Å². The van der Waals surface area contributed by atoms with Gasteiger partial charge in [0.25, 0.3) is 0 Å². The SMILES string of the molecule is CC(C)OCCCNC(=O)C12CC3CC(C)(CC(C)(C3)C1)C2. The average Bonchev–Trinajstić information content (AvgIpc) is 2.33. The number of nitrogens with one attached hydrogen (secondary N) is 1. The maximum absolute atomic E-state index is 12.9. The first kappa shape index (κ1) is 16.3. The third-order valence-corrected chi connectivity index (χ3v) is 6.17. The van der Waals surface area contributed by atoms with E-state index in [1.807, 2.05) is 0 Å². The van der Waals surface area contributed by atoms with Crippen molar-refractivity contribution in [3.8, 4) is 0 Å². The lowest BCUT2D eigenvalue weighted by Gasteiger charge is -2.64. The topological polar surface area (TPSA) is 38.3 Å². The van der Waals surface area contributed by atoms with Gasteiger partial charge in [-0.15, -0.1) is 0 Å². The van der Waals surface area contributed by atoms with Crippen molar-refractivity contribution in [2.75, 3.05) is 13.2 Å². The summed E-state index contributed by atoms with van der Waals surface area (Å²) in [6.07, 6.45) is 8.57. The van der Waals surface area contributed by atoms with E-state index in [0.717, 1.165) is 44.8 Å². The van der Waals surface area contributed by atoms with E-state index in [-0.39, 0.29) is 11.5 Å². The Kier molecular flexibility index (Phi) is 4.08. The number of hydrogen-bond donors (Lipinski definition) is 1. The van der Waals surface area contributed by atoms with Crippen LogP contribution in [0.1, 0.15) is 72.6 Å². The molecule has 3 nitrogen and oxygen atoms in total. The summed E-state index contributed by atoms with van der Waals surface area (Å²) >= 11 is 0. The van der Waals surface area contributed by atoms with Gasteiger partial charge in [0.2, 0.25) is 5.91 Å². The van der Waals surface area contributed by atoms with Gasteiger partial charge in [-0.1, -0.05) is 13.8 Å². The van der Waals surface area contributed by atoms with Crippen LogP contribution in [0.4, 0.5) is 0 Å². The third kappa shape index (κ3) is 3.06. The Morgan fingerprint density at radius 1 is 1.14 bits per heavy atom. The summed E-state index contributed by atoms with van der Waals surface area (Å²) in [6.45, 7) is 10.4. The molecule has 4 bridgehead atoms. The molecule has 2 unspecified atom stereocenters. The molecule has 0 aromatic carbocycles. The molecule has 3 heteroatoms. The highest BCUT2D eigenvalue weighted by Crippen LogP contribution is 2.69. The summed E-state index contributed by atoms with van der Waals surface area (Å²) < 4.78 is 5.55. The van der Waals surface area contributed by atoms with Gasteiger partial charge in [0.1, 0.15) is 0 Å². The smallest absolute Gasteiger partial charge is 0.226 e. The van der Waals surface area contributed by atoms with Gasteiger partial charge in [-0.3, -0.25) is 4.79 Å². The second-order valence-corrected chi connectivity index (χ2v) is 9.44. The van der Waals surface area contributed by atoms with E-state index in [4.69, 9.17) is 4.74 Å². The standard InChI is InChI=1S/C19H33NO2/c1-14(2)22-7-5-6-20-16(21)19-10-15-8-17(3,12-19)11-18(4,9-15)13-19/h14-15H,5-13H2,1-4H3,(H,20,21). The number of hydrogen-bond acceptors (Lipinski definition) is 2. The molecular weight excluding hydrogens is 274 g/mol. The molecule has 0 saturated heterocycles. The molecule has 0 radical (unpaired) electrons. The van der Waals surface area contributed by atoms with Crippen molar-refractivity contribution in [2.24, 2.45) is 22.2 Å². The lowest BCUT2D eigenvalue weighted by atomic mass is 9.40. The molecule has 4 aliphatic rings. The molecule has 0 heterocycles. The number of ether oxygens (including phenoxy) is 1. The van der Waals surface area contributed by atoms with Crippen LogP contribution in [0.15, 0.2) is 0 Å². The number of carbonyl (C=O) groups is 1. The summed E-state index contributed by atoms with van der Waals surface area (Å²) in [5.74, 6) is 1.11. The summed E-state index contributed by atoms with van der Waals surface area (Å²) in [6, 6.07) is 0. The van der Waals surface area contributed by atoms with Crippen molar-refractivity contribution in [2.45, 2.75) is 78.7 Å². The summed E-state index contributed by atoms with van der Waals surface area (Å²) in [4.78, 5) is 12.9. The zero-order valence-corrected chi connectivity index (χ0v) is 14.8. The molecule has 4 rings (SSSR count). The van der Waals surface area contributed by atoms with Crippen LogP contribution in [0.3, 0.4) is 0 Å². The normalized spacial score (nSPS) is 42.9. The van der Waals surface area contributed by atoms with Crippen LogP contribution < -0.4 is 5.32 Å². The Labute approximate surface area is 135 Å². The maximum atomic E-state index is 12.9. The monoisotopic (exact) mass is 307 g/mol. The van der Waals surface area contributed by atoms with Gasteiger partial charge in [0.15, 0.2) is 0 Å². The second-order valence-electron chi connectivity index (χ2n) is 9.44. The predicted molar refractivity (Wildman–Crippen MR) is 88.6 cm³/mol. The fourth-order valence-electron chi connectivity index (χ4n) is 6.48. The Bertz CT molecular complexity index is 427. The molecule has 0 aliphatic heterocycles. The van der Waals surface area contributed by atoms with Crippen molar-refractivity contribution < 1.29 is 9.53 Å². The lowest BCUT2D eigenvalue weighted by Crippen LogP contribution is -2.59. The molecule has 4 fully saturated rings. The molecular formula is C19H33NO2. The Balaban J connectivity index is 1.58. The first-order valence-electron chi connectivity index (χ1n) is 9.14. The Hall–Kier alpha value is -0.570. The molecule has 4 saturated carbocycles. The van der Waals surface area contributed by atoms with E-state index in [2.05, 4.69) is 33.0 Å². The van der Waals surface area contributed by atoms with E-state index in [1.54, 1.807) is 0 Å². The molecule has 0 spiro atoms. The van der Waals surface area contributed by atoms with E-state index < -0.39 is 0 Å². The highest BCUT2D eigenvalue weighted by atomic mass is 16.5. The Morgan fingerprint density at radius 2 is 1.77 bits per heavy atom. The summed E-state index contributed by atoms with van der Waals surface area (Å²) in [7, 11) is 0. The van der Waals surface area contributed by atoms with Gasteiger partial charge in [0, 0.05) is 13.2 Å². The van der Waals surface area contributed by atoms with Gasteiger partial charge in [-0.2, -0.15) is 0 Å². The van der Waals surface area contributed by atoms with Gasteiger partial charge in [-0.05, 0) is 75.5 Å². The quantitative estimate of drug-likeness (QED) is 0.755. The first-order valence-corrected chi connectivity index (χ1v) is 9.14. The molecule has 2 atom stereocenters. The molecule has 4 aliphatic carbocycles. The van der Waals surface area contributed by atoms with E-state index in [9.17, 15) is 4.79 Å². The average molecular weight is 307 g/mol. The van der Waals surface area contributed by atoms with Gasteiger partial charge in [-0.25, -0.2) is 0 Å². The number of amides is 1. The van der Waals surface area contributed by atoms with E-state index in [0.29, 0.717) is 16.7 Å². The summed E-state index contributed by atoms with van der Waals surface area (Å²) in [5.41, 5.74) is 0.750. The first-order chi connectivity index (χ1) is 10.2. The fraction of sp³-hybridized carbons (Fsp3) is 0.947. The van der Waals surface area contributed by atoms with Gasteiger partial charge in [0.05, 0.1) is 11.5 Å². The van der Waals surface area contributed by atoms with Crippen LogP contribution in [0.25, 0.3) is 0 Å². The molecule has 1 amide bonds. The number of carbonyl (C=O) groups excluding carboxylic acids is 1. The van der Waals surface area contributed by atoms with Crippen LogP contribution in [-0.4, -0.2) is 25.2 Å². The predicted octanol–water partition coefficient (Wildman–Crippen LogP) is 3.91. The molecule has 126 valence electrons. The van der Waals surface area contributed by atoms with Crippen molar-refractivity contribution in [1.29, 1.82) is 0 Å². The highest BCUT2D eigenvalue weighted by molar-refractivity contribution is 5.83. The minimum atomic E-state index is -0.0676. The highest BCUT2D eigenvalue weighted by Gasteiger charge is 2.62. The van der Waals surface area contributed by atoms with Gasteiger partial charge >= 0.3 is 0 Å². The molecule has 22 heavy (non-hydrogen) atoms. The largest absolute Gasteiger partial charge is 0.379 e. The lowest BCUT2D eigenvalue weighted by molar-refractivity contribution is -0.170. The number of rotatable bonds is 6. The van der Waals surface area contributed by atoms with Crippen molar-refractivity contribution in [3.05, 3.63) is 0 Å². The molecule has 0 aromatic rings. The third-order valence-electron chi connectivity index (χ3n) is 6.17. The summed E-state index contributed by atoms with van der Waals surface area (Å²) in [5, 5.41) is 3.23. The van der Waals surface area contributed by atoms with Crippen LogP contribution >= 0.6 is 0 Å². The van der Waals surface area contributed by atoms with Crippen LogP contribution in [0.5, 0.6) is 0 Å². The minimum Gasteiger partial charge on any atom is -0.379 e. The van der Waals surface area contributed by atoms with Crippen LogP contribution in [0, 0.1) is 22.2 Å². The molecule has 0 aromatic heterocycles. The zero-order valence-electron chi connectivity index (χ0n) is 14.8. The zero-order chi connectivity index (χ0) is 16.0. The minimum absolute atomic E-state index is 0.0676. The van der Waals surface area contributed by atoms with Crippen molar-refractivity contribution >= 4 is 5.91 Å². The van der Waals surface area contributed by atoms with Crippen molar-refractivity contribution in [1.82, 2.24) is 5.32 Å². The van der Waals surface area contributed by atoms with E-state index >= 15 is 0 Å². The molecule has 1 N–H and O–H groups in total. The van der Waals surface area contributed by atoms with Crippen molar-refractivity contribution in [3.63, 3.8) is 0 Å². The maximum Gasteiger partial charge on any atom is 0.226 e. The van der Waals surface area contributed by atoms with Crippen LogP contribution in [-0.2, 0) is 9.53 Å². The fourth-order valence-corrected chi connectivity index (χ4v) is 6.48.